The molecule has 2 rings (SSSR count). The van der Waals surface area contributed by atoms with Crippen molar-refractivity contribution in [3.05, 3.63) is 28.5 Å². The predicted octanol–water partition coefficient (Wildman–Crippen LogP) is 1.73. The van der Waals surface area contributed by atoms with Crippen LogP contribution in [0.5, 0.6) is 0 Å². The lowest BCUT2D eigenvalue weighted by Gasteiger charge is -2.41. The summed E-state index contributed by atoms with van der Waals surface area (Å²) in [6.45, 7) is -0.0278. The van der Waals surface area contributed by atoms with Crippen LogP contribution in [0.2, 0.25) is 0 Å². The van der Waals surface area contributed by atoms with Gasteiger partial charge in [-0.3, -0.25) is 4.79 Å². The van der Waals surface area contributed by atoms with Gasteiger partial charge in [0.25, 0.3) is 0 Å². The molecule has 86 valence electrons. The van der Waals surface area contributed by atoms with Crippen LogP contribution >= 0.6 is 15.9 Å². The predicted molar refractivity (Wildman–Crippen MR) is 62.6 cm³/mol. The molecule has 0 spiro atoms. The van der Waals surface area contributed by atoms with Crippen LogP contribution in [-0.4, -0.2) is 17.5 Å². The van der Waals surface area contributed by atoms with Crippen molar-refractivity contribution in [2.75, 3.05) is 6.61 Å². The third-order valence-electron chi connectivity index (χ3n) is 2.90. The van der Waals surface area contributed by atoms with Crippen LogP contribution in [0.15, 0.2) is 22.9 Å². The normalized spacial score (nSPS) is 17.8. The van der Waals surface area contributed by atoms with Crippen molar-refractivity contribution in [2.24, 2.45) is 5.73 Å². The fourth-order valence-electron chi connectivity index (χ4n) is 1.91. The summed E-state index contributed by atoms with van der Waals surface area (Å²) in [7, 11) is 0. The molecule has 1 aromatic rings. The maximum atomic E-state index is 10.8. The number of amides is 1. The third kappa shape index (κ3) is 2.25. The summed E-state index contributed by atoms with van der Waals surface area (Å²) in [5.41, 5.74) is 5.83. The molecule has 0 bridgehead atoms. The summed E-state index contributed by atoms with van der Waals surface area (Å²) in [5.74, 6) is -0.431. The van der Waals surface area contributed by atoms with Gasteiger partial charge in [0.15, 0.2) is 0 Å². The van der Waals surface area contributed by atoms with Crippen molar-refractivity contribution in [3.63, 3.8) is 0 Å². The molecule has 1 aliphatic carbocycles. The Morgan fingerprint density at radius 1 is 1.62 bits per heavy atom. The van der Waals surface area contributed by atoms with E-state index >= 15 is 0 Å². The molecule has 1 fully saturated rings. The van der Waals surface area contributed by atoms with Gasteiger partial charge in [0.2, 0.25) is 5.91 Å². The highest BCUT2D eigenvalue weighted by atomic mass is 79.9. The number of hydrogen-bond acceptors (Lipinski definition) is 3. The van der Waals surface area contributed by atoms with Gasteiger partial charge < -0.3 is 10.5 Å². The average Bonchev–Trinajstić information content (AvgIpc) is 2.15. The number of nitrogens with zero attached hydrogens (tertiary/aromatic N) is 1. The molecule has 5 heteroatoms. The molecule has 1 saturated carbocycles. The Hall–Kier alpha value is -0.940. The van der Waals surface area contributed by atoms with E-state index in [2.05, 4.69) is 20.9 Å². The number of hydrogen-bond donors (Lipinski definition) is 1. The van der Waals surface area contributed by atoms with Gasteiger partial charge in [-0.05, 0) is 52.9 Å². The van der Waals surface area contributed by atoms with Crippen molar-refractivity contribution in [1.82, 2.24) is 4.98 Å². The highest BCUT2D eigenvalue weighted by Gasteiger charge is 2.40. The molecule has 0 unspecified atom stereocenters. The molecule has 0 aromatic carbocycles. The summed E-state index contributed by atoms with van der Waals surface area (Å²) < 4.78 is 6.42. The Morgan fingerprint density at radius 3 is 2.88 bits per heavy atom. The van der Waals surface area contributed by atoms with Gasteiger partial charge in [0, 0.05) is 6.20 Å². The van der Waals surface area contributed by atoms with Crippen LogP contribution in [-0.2, 0) is 15.1 Å². The molecule has 1 aliphatic rings. The topological polar surface area (TPSA) is 65.2 Å². The number of halogens is 1. The quantitative estimate of drug-likeness (QED) is 0.857. The fourth-order valence-corrected chi connectivity index (χ4v) is 2.27. The van der Waals surface area contributed by atoms with Crippen LogP contribution in [0.4, 0.5) is 0 Å². The van der Waals surface area contributed by atoms with Crippen LogP contribution in [0.1, 0.15) is 24.8 Å². The van der Waals surface area contributed by atoms with E-state index in [0.717, 1.165) is 29.4 Å². The van der Waals surface area contributed by atoms with Crippen molar-refractivity contribution >= 4 is 21.8 Å². The summed E-state index contributed by atoms with van der Waals surface area (Å²) in [5, 5.41) is 0. The molecule has 0 atom stereocenters. The monoisotopic (exact) mass is 284 g/mol. The number of aromatic nitrogens is 1. The molecule has 0 aliphatic heterocycles. The number of pyridine rings is 1. The first kappa shape index (κ1) is 11.5. The zero-order chi connectivity index (χ0) is 11.6. The minimum absolute atomic E-state index is 0.0278. The zero-order valence-corrected chi connectivity index (χ0v) is 10.4. The number of nitrogens with two attached hydrogens (primary N) is 1. The first-order valence-electron chi connectivity index (χ1n) is 5.17. The molecule has 16 heavy (non-hydrogen) atoms. The largest absolute Gasteiger partial charge is 0.368 e. The second-order valence-corrected chi connectivity index (χ2v) is 4.78. The minimum Gasteiger partial charge on any atom is -0.368 e. The van der Waals surface area contributed by atoms with Gasteiger partial charge in [-0.25, -0.2) is 4.98 Å². The number of ether oxygens (including phenoxy) is 1. The number of primary amides is 1. The van der Waals surface area contributed by atoms with Crippen molar-refractivity contribution in [3.8, 4) is 0 Å². The second kappa shape index (κ2) is 4.51. The highest BCUT2D eigenvalue weighted by Crippen LogP contribution is 2.44. The van der Waals surface area contributed by atoms with Crippen molar-refractivity contribution in [2.45, 2.75) is 24.9 Å². The highest BCUT2D eigenvalue weighted by molar-refractivity contribution is 9.10. The Labute approximate surface area is 102 Å². The molecule has 0 radical (unpaired) electrons. The minimum atomic E-state index is -0.431. The third-order valence-corrected chi connectivity index (χ3v) is 3.34. The molecule has 2 N–H and O–H groups in total. The van der Waals surface area contributed by atoms with E-state index in [1.54, 1.807) is 6.20 Å². The summed E-state index contributed by atoms with van der Waals surface area (Å²) in [4.78, 5) is 14.8. The molecule has 1 heterocycles. The summed E-state index contributed by atoms with van der Waals surface area (Å²) in [6, 6.07) is 3.85. The second-order valence-electron chi connectivity index (χ2n) is 3.97. The summed E-state index contributed by atoms with van der Waals surface area (Å²) in [6.07, 6.45) is 4.69. The van der Waals surface area contributed by atoms with Crippen LogP contribution in [0.25, 0.3) is 0 Å². The van der Waals surface area contributed by atoms with E-state index < -0.39 is 5.91 Å². The molecule has 1 amide bonds. The van der Waals surface area contributed by atoms with Gasteiger partial charge >= 0.3 is 0 Å². The van der Waals surface area contributed by atoms with E-state index in [9.17, 15) is 4.79 Å². The maximum absolute atomic E-state index is 10.8. The Morgan fingerprint density at radius 2 is 2.38 bits per heavy atom. The first-order chi connectivity index (χ1) is 7.62. The molecule has 1 aromatic heterocycles. The van der Waals surface area contributed by atoms with Gasteiger partial charge in [-0.2, -0.15) is 0 Å². The van der Waals surface area contributed by atoms with Gasteiger partial charge in [0.1, 0.15) is 11.2 Å². The van der Waals surface area contributed by atoms with E-state index in [4.69, 9.17) is 10.5 Å². The van der Waals surface area contributed by atoms with Crippen LogP contribution in [0.3, 0.4) is 0 Å². The molecular weight excluding hydrogens is 272 g/mol. The van der Waals surface area contributed by atoms with Crippen LogP contribution in [0, 0.1) is 0 Å². The lowest BCUT2D eigenvalue weighted by molar-refractivity contribution is -0.141. The lowest BCUT2D eigenvalue weighted by Crippen LogP contribution is -2.39. The van der Waals surface area contributed by atoms with Crippen molar-refractivity contribution < 1.29 is 9.53 Å². The lowest BCUT2D eigenvalue weighted by atomic mass is 9.75. The number of carbonyl (C=O) groups is 1. The number of carbonyl (C=O) groups excluding carboxylic acids is 1. The smallest absolute Gasteiger partial charge is 0.243 e. The Balaban J connectivity index is 2.17. The van der Waals surface area contributed by atoms with E-state index in [-0.39, 0.29) is 12.2 Å². The zero-order valence-electron chi connectivity index (χ0n) is 8.78. The first-order valence-corrected chi connectivity index (χ1v) is 5.96. The van der Waals surface area contributed by atoms with Gasteiger partial charge in [0.05, 0.1) is 5.60 Å². The Bertz CT molecular complexity index is 405. The maximum Gasteiger partial charge on any atom is 0.243 e. The van der Waals surface area contributed by atoms with E-state index in [0.29, 0.717) is 0 Å². The standard InChI is InChI=1S/C11H13BrN2O2/c12-9-6-8(2-5-14-9)11(3-1-4-11)16-7-10(13)15/h2,5-6H,1,3-4,7H2,(H2,13,15). The number of rotatable bonds is 4. The molecular formula is C11H13BrN2O2. The molecule has 0 saturated heterocycles. The Kier molecular flexibility index (Phi) is 3.25. The average molecular weight is 285 g/mol. The molecule has 4 nitrogen and oxygen atoms in total. The van der Waals surface area contributed by atoms with Crippen molar-refractivity contribution in [1.29, 1.82) is 0 Å². The summed E-state index contributed by atoms with van der Waals surface area (Å²) >= 11 is 3.33. The van der Waals surface area contributed by atoms with Gasteiger partial charge in [-0.15, -0.1) is 0 Å². The fraction of sp³-hybridized carbons (Fsp3) is 0.455. The van der Waals surface area contributed by atoms with E-state index in [1.807, 2.05) is 12.1 Å². The van der Waals surface area contributed by atoms with Crippen LogP contribution < -0.4 is 5.73 Å². The SMILES string of the molecule is NC(=O)COC1(c2ccnc(Br)c2)CCC1. The van der Waals surface area contributed by atoms with E-state index in [1.165, 1.54) is 0 Å². The van der Waals surface area contributed by atoms with Gasteiger partial charge in [-0.1, -0.05) is 0 Å².